The molecule has 3 rings (SSSR count). The van der Waals surface area contributed by atoms with E-state index < -0.39 is 0 Å². The van der Waals surface area contributed by atoms with Crippen LogP contribution in [0.5, 0.6) is 5.75 Å². The molecule has 1 aromatic carbocycles. The van der Waals surface area contributed by atoms with Crippen molar-refractivity contribution in [3.63, 3.8) is 0 Å². The molecule has 2 aromatic heterocycles. The predicted octanol–water partition coefficient (Wildman–Crippen LogP) is 4.82. The van der Waals surface area contributed by atoms with Gasteiger partial charge in [0, 0.05) is 35.8 Å². The number of nitrogens with zero attached hydrogens (tertiary/aromatic N) is 3. The SMILES string of the molecule is Cc1cc(C=CC(=O)Nc2ncccc2OCCCC#N)c(C)n1-c1ccccc1. The van der Waals surface area contributed by atoms with Crippen molar-refractivity contribution in [2.45, 2.75) is 26.7 Å². The number of anilines is 1. The molecule has 1 amide bonds. The number of nitriles is 1. The topological polar surface area (TPSA) is 79.9 Å². The Balaban J connectivity index is 1.70. The van der Waals surface area contributed by atoms with E-state index in [1.165, 1.54) is 6.08 Å². The van der Waals surface area contributed by atoms with E-state index in [-0.39, 0.29) is 5.91 Å². The summed E-state index contributed by atoms with van der Waals surface area (Å²) in [4.78, 5) is 16.6. The molecule has 30 heavy (non-hydrogen) atoms. The Morgan fingerprint density at radius 1 is 1.23 bits per heavy atom. The summed E-state index contributed by atoms with van der Waals surface area (Å²) in [6.07, 6.45) is 5.93. The first-order valence-corrected chi connectivity index (χ1v) is 9.78. The zero-order valence-corrected chi connectivity index (χ0v) is 17.1. The van der Waals surface area contributed by atoms with Crippen LogP contribution in [0.15, 0.2) is 60.8 Å². The van der Waals surface area contributed by atoms with Gasteiger partial charge in [0.2, 0.25) is 5.91 Å². The second-order valence-corrected chi connectivity index (χ2v) is 6.78. The lowest BCUT2D eigenvalue weighted by molar-refractivity contribution is -0.111. The molecule has 0 unspecified atom stereocenters. The van der Waals surface area contributed by atoms with Gasteiger partial charge in [-0.05, 0) is 62.2 Å². The highest BCUT2D eigenvalue weighted by atomic mass is 16.5. The van der Waals surface area contributed by atoms with Gasteiger partial charge < -0.3 is 14.6 Å². The number of hydrogen-bond donors (Lipinski definition) is 1. The summed E-state index contributed by atoms with van der Waals surface area (Å²) in [5.74, 6) is 0.554. The molecular formula is C24H24N4O2. The van der Waals surface area contributed by atoms with Crippen molar-refractivity contribution in [2.24, 2.45) is 0 Å². The molecule has 152 valence electrons. The van der Waals surface area contributed by atoms with Crippen LogP contribution in [-0.4, -0.2) is 22.1 Å². The Morgan fingerprint density at radius 3 is 2.80 bits per heavy atom. The lowest BCUT2D eigenvalue weighted by Crippen LogP contribution is -2.11. The summed E-state index contributed by atoms with van der Waals surface area (Å²) in [6.45, 7) is 4.47. The predicted molar refractivity (Wildman–Crippen MR) is 117 cm³/mol. The fourth-order valence-corrected chi connectivity index (χ4v) is 3.19. The Labute approximate surface area is 176 Å². The smallest absolute Gasteiger partial charge is 0.249 e. The zero-order chi connectivity index (χ0) is 21.3. The van der Waals surface area contributed by atoms with Gasteiger partial charge in [0.05, 0.1) is 12.7 Å². The number of aromatic nitrogens is 2. The summed E-state index contributed by atoms with van der Waals surface area (Å²) >= 11 is 0. The number of unbranched alkanes of at least 4 members (excludes halogenated alkanes) is 1. The van der Waals surface area contributed by atoms with Crippen molar-refractivity contribution in [1.82, 2.24) is 9.55 Å². The third-order valence-corrected chi connectivity index (χ3v) is 4.60. The Bertz CT molecular complexity index is 1080. The summed E-state index contributed by atoms with van der Waals surface area (Å²) in [6, 6.07) is 17.7. The maximum atomic E-state index is 12.4. The molecule has 1 N–H and O–H groups in total. The summed E-state index contributed by atoms with van der Waals surface area (Å²) in [5, 5.41) is 11.4. The largest absolute Gasteiger partial charge is 0.490 e. The van der Waals surface area contributed by atoms with Gasteiger partial charge in [-0.15, -0.1) is 0 Å². The van der Waals surface area contributed by atoms with Crippen LogP contribution in [0.3, 0.4) is 0 Å². The maximum absolute atomic E-state index is 12.4. The van der Waals surface area contributed by atoms with Crippen molar-refractivity contribution in [3.05, 3.63) is 77.8 Å². The maximum Gasteiger partial charge on any atom is 0.249 e. The van der Waals surface area contributed by atoms with Gasteiger partial charge in [0.15, 0.2) is 11.6 Å². The third kappa shape index (κ3) is 5.15. The highest BCUT2D eigenvalue weighted by Gasteiger charge is 2.10. The lowest BCUT2D eigenvalue weighted by atomic mass is 10.2. The van der Waals surface area contributed by atoms with Crippen molar-refractivity contribution >= 4 is 17.8 Å². The van der Waals surface area contributed by atoms with Crippen LogP contribution < -0.4 is 10.1 Å². The van der Waals surface area contributed by atoms with E-state index in [0.29, 0.717) is 31.0 Å². The fourth-order valence-electron chi connectivity index (χ4n) is 3.19. The highest BCUT2D eigenvalue weighted by Crippen LogP contribution is 2.23. The molecular weight excluding hydrogens is 376 g/mol. The van der Waals surface area contributed by atoms with Gasteiger partial charge in [-0.1, -0.05) is 18.2 Å². The number of pyridine rings is 1. The van der Waals surface area contributed by atoms with Gasteiger partial charge in [0.1, 0.15) is 0 Å². The van der Waals surface area contributed by atoms with E-state index >= 15 is 0 Å². The Morgan fingerprint density at radius 2 is 2.03 bits per heavy atom. The number of carbonyl (C=O) groups excluding carboxylic acids is 1. The molecule has 0 aliphatic rings. The fraction of sp³-hybridized carbons (Fsp3) is 0.208. The third-order valence-electron chi connectivity index (χ3n) is 4.60. The second-order valence-electron chi connectivity index (χ2n) is 6.78. The number of nitrogens with one attached hydrogen (secondary N) is 1. The van der Waals surface area contributed by atoms with E-state index in [1.807, 2.05) is 32.0 Å². The molecule has 0 aliphatic carbocycles. The van der Waals surface area contributed by atoms with Gasteiger partial charge in [-0.25, -0.2) is 4.98 Å². The first-order valence-electron chi connectivity index (χ1n) is 9.78. The molecule has 0 aliphatic heterocycles. The number of rotatable bonds is 8. The highest BCUT2D eigenvalue weighted by molar-refractivity contribution is 6.02. The second kappa shape index (κ2) is 10.1. The van der Waals surface area contributed by atoms with E-state index in [9.17, 15) is 4.79 Å². The molecule has 0 spiro atoms. The van der Waals surface area contributed by atoms with Crippen LogP contribution in [0.4, 0.5) is 5.82 Å². The molecule has 0 saturated heterocycles. The summed E-state index contributed by atoms with van der Waals surface area (Å²) in [7, 11) is 0. The lowest BCUT2D eigenvalue weighted by Gasteiger charge is -2.10. The number of carbonyl (C=O) groups is 1. The van der Waals surface area contributed by atoms with Crippen molar-refractivity contribution < 1.29 is 9.53 Å². The average molecular weight is 400 g/mol. The molecule has 6 nitrogen and oxygen atoms in total. The molecule has 0 fully saturated rings. The van der Waals surface area contributed by atoms with Crippen LogP contribution in [0, 0.1) is 25.2 Å². The van der Waals surface area contributed by atoms with Gasteiger partial charge in [0.25, 0.3) is 0 Å². The quantitative estimate of drug-likeness (QED) is 0.434. The van der Waals surface area contributed by atoms with Gasteiger partial charge in [-0.3, -0.25) is 4.79 Å². The number of amides is 1. The van der Waals surface area contributed by atoms with Crippen molar-refractivity contribution in [2.75, 3.05) is 11.9 Å². The number of aryl methyl sites for hydroxylation is 1. The molecule has 2 heterocycles. The molecule has 0 bridgehead atoms. The minimum absolute atomic E-state index is 0.292. The van der Waals surface area contributed by atoms with E-state index in [4.69, 9.17) is 10.00 Å². The zero-order valence-electron chi connectivity index (χ0n) is 17.1. The summed E-state index contributed by atoms with van der Waals surface area (Å²) < 4.78 is 7.79. The Kier molecular flexibility index (Phi) is 7.01. The minimum atomic E-state index is -0.292. The number of ether oxygens (including phenoxy) is 1. The average Bonchev–Trinajstić information content (AvgIpc) is 3.04. The standard InChI is InChI=1S/C24H24N4O2/c1-18-17-20(19(2)28(18)21-9-4-3-5-10-21)12-13-23(29)27-24-22(11-8-15-26-24)30-16-7-6-14-25/h3-5,8-13,15,17H,6-7,16H2,1-2H3,(H,26,27,29). The molecule has 0 saturated carbocycles. The van der Waals surface area contributed by atoms with E-state index in [2.05, 4.69) is 39.1 Å². The van der Waals surface area contributed by atoms with Crippen LogP contribution in [0.1, 0.15) is 29.8 Å². The van der Waals surface area contributed by atoms with Crippen LogP contribution in [0.25, 0.3) is 11.8 Å². The monoisotopic (exact) mass is 400 g/mol. The number of benzene rings is 1. The molecule has 6 heteroatoms. The van der Waals surface area contributed by atoms with Crippen molar-refractivity contribution in [1.29, 1.82) is 5.26 Å². The van der Waals surface area contributed by atoms with E-state index in [0.717, 1.165) is 22.6 Å². The molecule has 0 radical (unpaired) electrons. The van der Waals surface area contributed by atoms with Crippen molar-refractivity contribution in [3.8, 4) is 17.5 Å². The first-order chi connectivity index (χ1) is 14.6. The van der Waals surface area contributed by atoms with Crippen LogP contribution in [0.2, 0.25) is 0 Å². The van der Waals surface area contributed by atoms with Gasteiger partial charge in [-0.2, -0.15) is 5.26 Å². The first kappa shape index (κ1) is 20.9. The summed E-state index contributed by atoms with van der Waals surface area (Å²) in [5.41, 5.74) is 4.21. The molecule has 0 atom stereocenters. The minimum Gasteiger partial charge on any atom is -0.490 e. The number of hydrogen-bond acceptors (Lipinski definition) is 4. The van der Waals surface area contributed by atoms with E-state index in [1.54, 1.807) is 24.4 Å². The molecule has 3 aromatic rings. The van der Waals surface area contributed by atoms with Crippen LogP contribution in [-0.2, 0) is 4.79 Å². The van der Waals surface area contributed by atoms with Gasteiger partial charge >= 0.3 is 0 Å². The number of para-hydroxylation sites is 1. The normalized spacial score (nSPS) is 10.7. The Hall–Kier alpha value is -3.85. The van der Waals surface area contributed by atoms with Crippen LogP contribution >= 0.6 is 0 Å².